The zero-order valence-corrected chi connectivity index (χ0v) is 14.9. The minimum absolute atomic E-state index is 0.0201. The minimum Gasteiger partial charge on any atom is -0.459 e. The number of nitrogens with zero attached hydrogens (tertiary/aromatic N) is 1. The Morgan fingerprint density at radius 1 is 1.33 bits per heavy atom. The van der Waals surface area contributed by atoms with E-state index in [-0.39, 0.29) is 25.9 Å². The molecule has 2 heterocycles. The third-order valence-electron chi connectivity index (χ3n) is 4.76. The van der Waals surface area contributed by atoms with Crippen molar-refractivity contribution in [2.45, 2.75) is 50.4 Å². The number of ether oxygens (including phenoxy) is 2. The summed E-state index contributed by atoms with van der Waals surface area (Å²) in [5, 5.41) is 0. The highest BCUT2D eigenvalue weighted by Gasteiger charge is 2.50. The Kier molecular flexibility index (Phi) is 5.60. The number of hydrogen-bond donors (Lipinski definition) is 0. The van der Waals surface area contributed by atoms with Crippen LogP contribution < -0.4 is 0 Å². The second kappa shape index (κ2) is 8.09. The lowest BCUT2D eigenvalue weighted by molar-refractivity contribution is -0.168. The predicted octanol–water partition coefficient (Wildman–Crippen LogP) is 2.33. The molecule has 3 rings (SSSR count). The van der Waals surface area contributed by atoms with Crippen LogP contribution in [0, 0.1) is 12.3 Å². The molecule has 2 atom stereocenters. The van der Waals surface area contributed by atoms with E-state index < -0.39 is 29.5 Å². The fourth-order valence-electron chi connectivity index (χ4n) is 3.33. The molecule has 0 aromatic heterocycles. The number of carbonyl (C=O) groups excluding carboxylic acids is 3. The Balaban J connectivity index is 1.74. The van der Waals surface area contributed by atoms with Gasteiger partial charge in [-0.05, 0) is 18.4 Å². The van der Waals surface area contributed by atoms with Crippen LogP contribution in [0.3, 0.4) is 0 Å². The average molecular weight is 367 g/mol. The first-order chi connectivity index (χ1) is 13.1. The lowest BCUT2D eigenvalue weighted by atomic mass is 9.92. The SMILES string of the molecule is C#CC[C@]1(C(=O)N2C=CCC[C@H]2C(=O)OCc2ccccc2)CCC(=O)O1. The number of benzene rings is 1. The topological polar surface area (TPSA) is 72.9 Å². The quantitative estimate of drug-likeness (QED) is 0.590. The summed E-state index contributed by atoms with van der Waals surface area (Å²) in [5.41, 5.74) is -0.533. The molecule has 0 spiro atoms. The van der Waals surface area contributed by atoms with Crippen molar-refractivity contribution in [2.24, 2.45) is 0 Å². The van der Waals surface area contributed by atoms with Gasteiger partial charge in [-0.15, -0.1) is 12.3 Å². The lowest BCUT2D eigenvalue weighted by Gasteiger charge is -2.35. The summed E-state index contributed by atoms with van der Waals surface area (Å²) in [5.74, 6) is 1.00. The molecule has 140 valence electrons. The van der Waals surface area contributed by atoms with Gasteiger partial charge in [-0.1, -0.05) is 36.4 Å². The largest absolute Gasteiger partial charge is 0.459 e. The molecule has 0 saturated carbocycles. The number of allylic oxidation sites excluding steroid dienone is 1. The van der Waals surface area contributed by atoms with Crippen molar-refractivity contribution in [3.8, 4) is 12.3 Å². The van der Waals surface area contributed by atoms with Gasteiger partial charge >= 0.3 is 11.9 Å². The minimum atomic E-state index is -1.40. The number of terminal acetylenes is 1. The fourth-order valence-corrected chi connectivity index (χ4v) is 3.33. The molecule has 0 radical (unpaired) electrons. The zero-order valence-electron chi connectivity index (χ0n) is 14.9. The molecule has 0 unspecified atom stereocenters. The van der Waals surface area contributed by atoms with Gasteiger partial charge in [0, 0.05) is 19.0 Å². The van der Waals surface area contributed by atoms with Gasteiger partial charge in [0.1, 0.15) is 12.6 Å². The third-order valence-corrected chi connectivity index (χ3v) is 4.76. The number of cyclic esters (lactones) is 1. The highest BCUT2D eigenvalue weighted by molar-refractivity contribution is 5.94. The second-order valence-electron chi connectivity index (χ2n) is 6.63. The molecular weight excluding hydrogens is 346 g/mol. The molecule has 1 fully saturated rings. The summed E-state index contributed by atoms with van der Waals surface area (Å²) in [6.45, 7) is 0.131. The summed E-state index contributed by atoms with van der Waals surface area (Å²) in [6.07, 6.45) is 10.2. The fraction of sp³-hybridized carbons (Fsp3) is 0.381. The first-order valence-corrected chi connectivity index (χ1v) is 8.91. The van der Waals surface area contributed by atoms with Gasteiger partial charge in [-0.3, -0.25) is 9.59 Å². The van der Waals surface area contributed by atoms with Crippen LogP contribution in [-0.4, -0.2) is 34.4 Å². The van der Waals surface area contributed by atoms with Crippen molar-refractivity contribution < 1.29 is 23.9 Å². The highest BCUT2D eigenvalue weighted by Crippen LogP contribution is 2.34. The van der Waals surface area contributed by atoms with E-state index in [9.17, 15) is 14.4 Å². The maximum Gasteiger partial charge on any atom is 0.329 e. The molecule has 1 aromatic carbocycles. The molecule has 0 aliphatic carbocycles. The van der Waals surface area contributed by atoms with Crippen molar-refractivity contribution >= 4 is 17.8 Å². The Hall–Kier alpha value is -3.07. The Morgan fingerprint density at radius 2 is 2.11 bits per heavy atom. The van der Waals surface area contributed by atoms with Crippen LogP contribution in [0.5, 0.6) is 0 Å². The molecular formula is C21H21NO5. The number of carbonyl (C=O) groups is 3. The summed E-state index contributed by atoms with van der Waals surface area (Å²) >= 11 is 0. The summed E-state index contributed by atoms with van der Waals surface area (Å²) in [6, 6.07) is 8.56. The van der Waals surface area contributed by atoms with Crippen LogP contribution in [0.1, 0.15) is 37.7 Å². The maximum atomic E-state index is 13.1. The Bertz CT molecular complexity index is 795. The molecule has 0 N–H and O–H groups in total. The van der Waals surface area contributed by atoms with Gasteiger partial charge in [0.2, 0.25) is 5.60 Å². The number of esters is 2. The maximum absolute atomic E-state index is 13.1. The van der Waals surface area contributed by atoms with Crippen LogP contribution in [0.15, 0.2) is 42.6 Å². The molecule has 2 aliphatic heterocycles. The van der Waals surface area contributed by atoms with E-state index in [0.29, 0.717) is 12.8 Å². The number of rotatable bonds is 5. The van der Waals surface area contributed by atoms with E-state index in [4.69, 9.17) is 15.9 Å². The van der Waals surface area contributed by atoms with Gasteiger partial charge in [0.15, 0.2) is 0 Å². The van der Waals surface area contributed by atoms with E-state index in [1.807, 2.05) is 30.3 Å². The molecule has 0 bridgehead atoms. The van der Waals surface area contributed by atoms with Gasteiger partial charge in [-0.2, -0.15) is 0 Å². The van der Waals surface area contributed by atoms with Gasteiger partial charge in [-0.25, -0.2) is 4.79 Å². The van der Waals surface area contributed by atoms with Crippen LogP contribution in [0.4, 0.5) is 0 Å². The average Bonchev–Trinajstić information content (AvgIpc) is 3.08. The summed E-state index contributed by atoms with van der Waals surface area (Å²) in [7, 11) is 0. The van der Waals surface area contributed by atoms with E-state index in [0.717, 1.165) is 5.56 Å². The first kappa shape index (κ1) is 18.7. The van der Waals surface area contributed by atoms with E-state index in [1.165, 1.54) is 4.90 Å². The standard InChI is InChI=1S/C21H21NO5/c1-2-12-21(13-11-18(23)27-21)20(25)22-14-7-6-10-17(22)19(24)26-15-16-8-4-3-5-9-16/h1,3-5,7-9,14,17H,6,10-13,15H2/t17-,21+/m0/s1. The monoisotopic (exact) mass is 367 g/mol. The molecule has 1 saturated heterocycles. The van der Waals surface area contributed by atoms with Crippen LogP contribution >= 0.6 is 0 Å². The molecule has 1 amide bonds. The molecule has 6 nitrogen and oxygen atoms in total. The second-order valence-corrected chi connectivity index (χ2v) is 6.63. The third kappa shape index (κ3) is 4.03. The van der Waals surface area contributed by atoms with E-state index >= 15 is 0 Å². The van der Waals surface area contributed by atoms with Gasteiger partial charge in [0.05, 0.1) is 6.42 Å². The smallest absolute Gasteiger partial charge is 0.329 e. The Morgan fingerprint density at radius 3 is 2.78 bits per heavy atom. The lowest BCUT2D eigenvalue weighted by Crippen LogP contribution is -2.53. The summed E-state index contributed by atoms with van der Waals surface area (Å²) < 4.78 is 10.7. The van der Waals surface area contributed by atoms with Crippen molar-refractivity contribution in [2.75, 3.05) is 0 Å². The predicted molar refractivity (Wildman–Crippen MR) is 96.8 cm³/mol. The van der Waals surface area contributed by atoms with Crippen LogP contribution in [-0.2, 0) is 30.5 Å². The van der Waals surface area contributed by atoms with Crippen LogP contribution in [0.2, 0.25) is 0 Å². The van der Waals surface area contributed by atoms with E-state index in [1.54, 1.807) is 12.3 Å². The highest BCUT2D eigenvalue weighted by atomic mass is 16.6. The molecule has 6 heteroatoms. The Labute approximate surface area is 158 Å². The molecule has 2 aliphatic rings. The van der Waals surface area contributed by atoms with Crippen molar-refractivity contribution in [1.82, 2.24) is 4.90 Å². The van der Waals surface area contributed by atoms with Crippen LogP contribution in [0.25, 0.3) is 0 Å². The zero-order chi connectivity index (χ0) is 19.3. The normalized spacial score (nSPS) is 24.2. The van der Waals surface area contributed by atoms with Gasteiger partial charge in [0.25, 0.3) is 5.91 Å². The van der Waals surface area contributed by atoms with Gasteiger partial charge < -0.3 is 14.4 Å². The van der Waals surface area contributed by atoms with Crippen molar-refractivity contribution in [1.29, 1.82) is 0 Å². The van der Waals surface area contributed by atoms with E-state index in [2.05, 4.69) is 5.92 Å². The number of amides is 1. The summed E-state index contributed by atoms with van der Waals surface area (Å²) in [4.78, 5) is 38.7. The molecule has 27 heavy (non-hydrogen) atoms. The number of hydrogen-bond acceptors (Lipinski definition) is 5. The first-order valence-electron chi connectivity index (χ1n) is 8.91. The molecule has 1 aromatic rings. The van der Waals surface area contributed by atoms with Crippen molar-refractivity contribution in [3.63, 3.8) is 0 Å². The van der Waals surface area contributed by atoms with Crippen molar-refractivity contribution in [3.05, 3.63) is 48.2 Å².